The zero-order valence-corrected chi connectivity index (χ0v) is 13.4. The van der Waals surface area contributed by atoms with Crippen LogP contribution in [0.25, 0.3) is 0 Å². The maximum atomic E-state index is 12.7. The van der Waals surface area contributed by atoms with E-state index in [1.165, 1.54) is 0 Å². The largest absolute Gasteiger partial charge is 0.396 e. The first-order valence-corrected chi connectivity index (χ1v) is 8.09. The molecule has 1 amide bonds. The molecule has 1 unspecified atom stereocenters. The third-order valence-electron chi connectivity index (χ3n) is 4.34. The number of amides is 1. The van der Waals surface area contributed by atoms with Gasteiger partial charge in [-0.15, -0.1) is 0 Å². The van der Waals surface area contributed by atoms with Crippen molar-refractivity contribution >= 4 is 21.8 Å². The number of hydrogen-bond acceptors (Lipinski definition) is 2. The molecule has 1 aromatic rings. The summed E-state index contributed by atoms with van der Waals surface area (Å²) in [7, 11) is 0. The lowest BCUT2D eigenvalue weighted by molar-refractivity contribution is -0.130. The van der Waals surface area contributed by atoms with Crippen molar-refractivity contribution in [3.05, 3.63) is 34.3 Å². The van der Waals surface area contributed by atoms with Crippen LogP contribution in [-0.2, 0) is 10.2 Å². The van der Waals surface area contributed by atoms with Crippen molar-refractivity contribution in [2.45, 2.75) is 50.5 Å². The number of rotatable bonds is 6. The van der Waals surface area contributed by atoms with E-state index in [0.717, 1.165) is 35.7 Å². The Morgan fingerprint density at radius 2 is 2.05 bits per heavy atom. The van der Waals surface area contributed by atoms with Gasteiger partial charge in [-0.3, -0.25) is 4.79 Å². The minimum atomic E-state index is -0.358. The number of benzene rings is 1. The van der Waals surface area contributed by atoms with Crippen molar-refractivity contribution < 1.29 is 9.90 Å². The minimum Gasteiger partial charge on any atom is -0.396 e. The standard InChI is InChI=1S/C16H22BrNO2/c1-2-14(8-11-19)18-15(20)16(9-3-10-16)12-4-6-13(17)7-5-12/h4-7,14,19H,2-3,8-11H2,1H3,(H,18,20). The molecule has 0 spiro atoms. The van der Waals surface area contributed by atoms with Crippen LogP contribution in [0.3, 0.4) is 0 Å². The highest BCUT2D eigenvalue weighted by Crippen LogP contribution is 2.44. The highest BCUT2D eigenvalue weighted by Gasteiger charge is 2.45. The molecule has 110 valence electrons. The summed E-state index contributed by atoms with van der Waals surface area (Å²) in [6, 6.07) is 8.13. The Bertz CT molecular complexity index is 454. The number of aliphatic hydroxyl groups is 1. The molecule has 1 aromatic carbocycles. The summed E-state index contributed by atoms with van der Waals surface area (Å²) < 4.78 is 1.03. The lowest BCUT2D eigenvalue weighted by Crippen LogP contribution is -2.52. The van der Waals surface area contributed by atoms with Gasteiger partial charge in [0, 0.05) is 17.1 Å². The Kier molecular flexibility index (Phi) is 5.22. The molecule has 0 radical (unpaired) electrons. The van der Waals surface area contributed by atoms with Crippen LogP contribution < -0.4 is 5.32 Å². The Morgan fingerprint density at radius 3 is 2.50 bits per heavy atom. The van der Waals surface area contributed by atoms with E-state index in [2.05, 4.69) is 21.2 Å². The van der Waals surface area contributed by atoms with E-state index >= 15 is 0 Å². The predicted molar refractivity (Wildman–Crippen MR) is 83.6 cm³/mol. The van der Waals surface area contributed by atoms with Crippen LogP contribution in [0.4, 0.5) is 0 Å². The van der Waals surface area contributed by atoms with Gasteiger partial charge in [-0.05, 0) is 43.4 Å². The first-order valence-electron chi connectivity index (χ1n) is 7.30. The summed E-state index contributed by atoms with van der Waals surface area (Å²) in [5.74, 6) is 0.117. The van der Waals surface area contributed by atoms with Gasteiger partial charge in [0.15, 0.2) is 0 Å². The monoisotopic (exact) mass is 339 g/mol. The third kappa shape index (κ3) is 3.07. The highest BCUT2D eigenvalue weighted by atomic mass is 79.9. The smallest absolute Gasteiger partial charge is 0.230 e. The van der Waals surface area contributed by atoms with E-state index in [0.29, 0.717) is 6.42 Å². The zero-order chi connectivity index (χ0) is 14.6. The first-order chi connectivity index (χ1) is 9.62. The SMILES string of the molecule is CCC(CCO)NC(=O)C1(c2ccc(Br)cc2)CCC1. The summed E-state index contributed by atoms with van der Waals surface area (Å²) in [4.78, 5) is 12.7. The number of nitrogens with one attached hydrogen (secondary N) is 1. The Morgan fingerprint density at radius 1 is 1.40 bits per heavy atom. The van der Waals surface area contributed by atoms with E-state index in [4.69, 9.17) is 5.11 Å². The number of halogens is 1. The molecule has 1 aliphatic rings. The van der Waals surface area contributed by atoms with Crippen LogP contribution in [0.1, 0.15) is 44.6 Å². The molecule has 1 aliphatic carbocycles. The summed E-state index contributed by atoms with van der Waals surface area (Å²) in [5.41, 5.74) is 0.743. The molecular weight excluding hydrogens is 318 g/mol. The fourth-order valence-electron chi connectivity index (χ4n) is 2.80. The molecule has 0 saturated heterocycles. The molecule has 2 rings (SSSR count). The van der Waals surface area contributed by atoms with Crippen LogP contribution in [0.2, 0.25) is 0 Å². The molecule has 0 bridgehead atoms. The molecule has 20 heavy (non-hydrogen) atoms. The second-order valence-corrected chi connectivity index (χ2v) is 6.45. The number of hydrogen-bond donors (Lipinski definition) is 2. The second kappa shape index (κ2) is 6.72. The van der Waals surface area contributed by atoms with Crippen LogP contribution in [0.15, 0.2) is 28.7 Å². The Balaban J connectivity index is 2.14. The number of carbonyl (C=O) groups excluding carboxylic acids is 1. The van der Waals surface area contributed by atoms with Crippen LogP contribution >= 0.6 is 15.9 Å². The Labute approximate surface area is 128 Å². The molecule has 1 saturated carbocycles. The summed E-state index contributed by atoms with van der Waals surface area (Å²) in [6.45, 7) is 2.15. The normalized spacial score (nSPS) is 18.1. The van der Waals surface area contributed by atoms with Gasteiger partial charge in [0.2, 0.25) is 5.91 Å². The summed E-state index contributed by atoms with van der Waals surface area (Å²) >= 11 is 3.43. The molecule has 0 aliphatic heterocycles. The molecular formula is C16H22BrNO2. The lowest BCUT2D eigenvalue weighted by atomic mass is 9.63. The van der Waals surface area contributed by atoms with Crippen LogP contribution in [0, 0.1) is 0 Å². The van der Waals surface area contributed by atoms with Gasteiger partial charge in [0.25, 0.3) is 0 Å². The number of aliphatic hydroxyl groups excluding tert-OH is 1. The van der Waals surface area contributed by atoms with E-state index in [-0.39, 0.29) is 24.0 Å². The maximum absolute atomic E-state index is 12.7. The van der Waals surface area contributed by atoms with Crippen molar-refractivity contribution in [2.24, 2.45) is 0 Å². The van der Waals surface area contributed by atoms with Gasteiger partial charge < -0.3 is 10.4 Å². The number of carbonyl (C=O) groups is 1. The predicted octanol–water partition coefficient (Wildman–Crippen LogP) is 3.15. The fourth-order valence-corrected chi connectivity index (χ4v) is 3.07. The quantitative estimate of drug-likeness (QED) is 0.836. The van der Waals surface area contributed by atoms with Crippen molar-refractivity contribution in [3.8, 4) is 0 Å². The molecule has 0 heterocycles. The van der Waals surface area contributed by atoms with Crippen molar-refractivity contribution in [1.29, 1.82) is 0 Å². The van der Waals surface area contributed by atoms with Crippen LogP contribution in [0.5, 0.6) is 0 Å². The second-order valence-electron chi connectivity index (χ2n) is 5.53. The van der Waals surface area contributed by atoms with Gasteiger partial charge in [-0.1, -0.05) is 41.4 Å². The molecule has 4 heteroatoms. The average molecular weight is 340 g/mol. The van der Waals surface area contributed by atoms with Gasteiger partial charge in [0.1, 0.15) is 0 Å². The summed E-state index contributed by atoms with van der Waals surface area (Å²) in [6.07, 6.45) is 4.40. The van der Waals surface area contributed by atoms with Crippen molar-refractivity contribution in [2.75, 3.05) is 6.61 Å². The van der Waals surface area contributed by atoms with Gasteiger partial charge in [0.05, 0.1) is 5.41 Å². The average Bonchev–Trinajstić information content (AvgIpc) is 2.39. The maximum Gasteiger partial charge on any atom is 0.230 e. The van der Waals surface area contributed by atoms with Gasteiger partial charge >= 0.3 is 0 Å². The molecule has 0 aromatic heterocycles. The van der Waals surface area contributed by atoms with Crippen LogP contribution in [-0.4, -0.2) is 23.7 Å². The first kappa shape index (κ1) is 15.5. The van der Waals surface area contributed by atoms with Gasteiger partial charge in [-0.25, -0.2) is 0 Å². The third-order valence-corrected chi connectivity index (χ3v) is 4.87. The van der Waals surface area contributed by atoms with Gasteiger partial charge in [-0.2, -0.15) is 0 Å². The molecule has 1 atom stereocenters. The van der Waals surface area contributed by atoms with E-state index < -0.39 is 0 Å². The Hall–Kier alpha value is -0.870. The lowest BCUT2D eigenvalue weighted by Gasteiger charge is -2.41. The molecule has 2 N–H and O–H groups in total. The van der Waals surface area contributed by atoms with E-state index in [9.17, 15) is 4.79 Å². The summed E-state index contributed by atoms with van der Waals surface area (Å²) in [5, 5.41) is 12.2. The minimum absolute atomic E-state index is 0.0698. The van der Waals surface area contributed by atoms with E-state index in [1.54, 1.807) is 0 Å². The highest BCUT2D eigenvalue weighted by molar-refractivity contribution is 9.10. The van der Waals surface area contributed by atoms with Crippen molar-refractivity contribution in [1.82, 2.24) is 5.32 Å². The van der Waals surface area contributed by atoms with E-state index in [1.807, 2.05) is 31.2 Å². The topological polar surface area (TPSA) is 49.3 Å². The fraction of sp³-hybridized carbons (Fsp3) is 0.562. The van der Waals surface area contributed by atoms with Crippen molar-refractivity contribution in [3.63, 3.8) is 0 Å². The molecule has 1 fully saturated rings. The zero-order valence-electron chi connectivity index (χ0n) is 11.9. The molecule has 3 nitrogen and oxygen atoms in total.